The predicted octanol–water partition coefficient (Wildman–Crippen LogP) is 2.81. The topological polar surface area (TPSA) is 69.0 Å². The minimum Gasteiger partial charge on any atom is -0.370 e. The van der Waals surface area contributed by atoms with Gasteiger partial charge in [0.05, 0.1) is 23.5 Å². The van der Waals surface area contributed by atoms with Gasteiger partial charge in [0.1, 0.15) is 5.69 Å². The van der Waals surface area contributed by atoms with Crippen LogP contribution in [0.3, 0.4) is 0 Å². The number of nitriles is 1. The predicted molar refractivity (Wildman–Crippen MR) is 84.8 cm³/mol. The van der Waals surface area contributed by atoms with Gasteiger partial charge in [0.15, 0.2) is 0 Å². The van der Waals surface area contributed by atoms with Crippen molar-refractivity contribution in [3.63, 3.8) is 0 Å². The third kappa shape index (κ3) is 3.07. The van der Waals surface area contributed by atoms with Gasteiger partial charge < -0.3 is 10.2 Å². The average Bonchev–Trinajstić information content (AvgIpc) is 3.10. The standard InChI is InChI=1S/C17H16N4O/c18-11-13-3-5-14(6-4-13)20-17(22)16-8-7-15(12-19-16)21-9-1-2-10-21/h3-8,12H,1-2,9-10H2,(H,20,22). The molecule has 0 atom stereocenters. The Balaban J connectivity index is 1.67. The Hall–Kier alpha value is -2.87. The molecule has 22 heavy (non-hydrogen) atoms. The van der Waals surface area contributed by atoms with E-state index in [0.717, 1.165) is 18.8 Å². The van der Waals surface area contributed by atoms with Crippen molar-refractivity contribution < 1.29 is 4.79 Å². The van der Waals surface area contributed by atoms with Crippen LogP contribution in [0.2, 0.25) is 0 Å². The first kappa shape index (κ1) is 14.1. The van der Waals surface area contributed by atoms with E-state index in [4.69, 9.17) is 5.26 Å². The lowest BCUT2D eigenvalue weighted by Gasteiger charge is -2.16. The molecule has 5 heteroatoms. The molecule has 0 unspecified atom stereocenters. The number of benzene rings is 1. The minimum absolute atomic E-state index is 0.252. The number of nitrogens with zero attached hydrogens (tertiary/aromatic N) is 3. The van der Waals surface area contributed by atoms with Crippen molar-refractivity contribution in [2.24, 2.45) is 0 Å². The van der Waals surface area contributed by atoms with Crippen LogP contribution in [0.4, 0.5) is 11.4 Å². The summed E-state index contributed by atoms with van der Waals surface area (Å²) < 4.78 is 0. The number of anilines is 2. The summed E-state index contributed by atoms with van der Waals surface area (Å²) in [6.07, 6.45) is 4.17. The molecule has 5 nitrogen and oxygen atoms in total. The normalized spacial score (nSPS) is 13.7. The lowest BCUT2D eigenvalue weighted by Crippen LogP contribution is -2.19. The Kier molecular flexibility index (Phi) is 4.01. The van der Waals surface area contributed by atoms with Gasteiger partial charge in [-0.3, -0.25) is 4.79 Å². The van der Waals surface area contributed by atoms with E-state index in [2.05, 4.69) is 15.2 Å². The van der Waals surface area contributed by atoms with Crippen LogP contribution in [-0.2, 0) is 0 Å². The fraction of sp³-hybridized carbons (Fsp3) is 0.235. The molecule has 0 spiro atoms. The van der Waals surface area contributed by atoms with Gasteiger partial charge in [-0.15, -0.1) is 0 Å². The smallest absolute Gasteiger partial charge is 0.274 e. The van der Waals surface area contributed by atoms with Crippen LogP contribution < -0.4 is 10.2 Å². The summed E-state index contributed by atoms with van der Waals surface area (Å²) in [6.45, 7) is 2.11. The lowest BCUT2D eigenvalue weighted by atomic mass is 10.2. The summed E-state index contributed by atoms with van der Waals surface area (Å²) in [6, 6.07) is 12.5. The summed E-state index contributed by atoms with van der Waals surface area (Å²) in [5.41, 5.74) is 2.65. The maximum Gasteiger partial charge on any atom is 0.274 e. The molecule has 1 aromatic carbocycles. The van der Waals surface area contributed by atoms with E-state index in [1.54, 1.807) is 36.5 Å². The molecule has 1 aliphatic heterocycles. The molecule has 1 amide bonds. The number of hydrogen-bond donors (Lipinski definition) is 1. The highest BCUT2D eigenvalue weighted by atomic mass is 16.1. The summed E-state index contributed by atoms with van der Waals surface area (Å²) in [7, 11) is 0. The van der Waals surface area contributed by atoms with E-state index in [1.807, 2.05) is 12.1 Å². The summed E-state index contributed by atoms with van der Waals surface area (Å²) in [5.74, 6) is -0.252. The number of nitrogens with one attached hydrogen (secondary N) is 1. The molecular weight excluding hydrogens is 276 g/mol. The Bertz CT molecular complexity index is 695. The fourth-order valence-corrected chi connectivity index (χ4v) is 2.51. The van der Waals surface area contributed by atoms with Crippen LogP contribution in [0.15, 0.2) is 42.6 Å². The van der Waals surface area contributed by atoms with Crippen molar-refractivity contribution in [1.29, 1.82) is 5.26 Å². The van der Waals surface area contributed by atoms with Gasteiger partial charge in [-0.05, 0) is 49.2 Å². The molecule has 1 aliphatic rings. The van der Waals surface area contributed by atoms with Crippen LogP contribution in [0.25, 0.3) is 0 Å². The number of amides is 1. The molecule has 1 N–H and O–H groups in total. The van der Waals surface area contributed by atoms with Gasteiger partial charge in [0.2, 0.25) is 0 Å². The lowest BCUT2D eigenvalue weighted by molar-refractivity contribution is 0.102. The molecule has 0 saturated carbocycles. The molecule has 1 saturated heterocycles. The Morgan fingerprint density at radius 2 is 1.86 bits per heavy atom. The van der Waals surface area contributed by atoms with Gasteiger partial charge in [-0.25, -0.2) is 4.98 Å². The van der Waals surface area contributed by atoms with Crippen molar-refractivity contribution >= 4 is 17.3 Å². The van der Waals surface area contributed by atoms with Crippen LogP contribution in [-0.4, -0.2) is 24.0 Å². The highest BCUT2D eigenvalue weighted by molar-refractivity contribution is 6.02. The Labute approximate surface area is 129 Å². The zero-order valence-corrected chi connectivity index (χ0v) is 12.1. The second-order valence-corrected chi connectivity index (χ2v) is 5.24. The second-order valence-electron chi connectivity index (χ2n) is 5.24. The van der Waals surface area contributed by atoms with Crippen molar-refractivity contribution in [2.75, 3.05) is 23.3 Å². The number of carbonyl (C=O) groups is 1. The molecule has 110 valence electrons. The molecule has 2 aromatic rings. The van der Waals surface area contributed by atoms with Crippen LogP contribution in [0.5, 0.6) is 0 Å². The quantitative estimate of drug-likeness (QED) is 0.944. The van der Waals surface area contributed by atoms with Gasteiger partial charge in [0.25, 0.3) is 5.91 Å². The van der Waals surface area contributed by atoms with E-state index in [1.165, 1.54) is 12.8 Å². The minimum atomic E-state index is -0.252. The van der Waals surface area contributed by atoms with Crippen LogP contribution in [0.1, 0.15) is 28.9 Å². The molecule has 1 fully saturated rings. The summed E-state index contributed by atoms with van der Waals surface area (Å²) >= 11 is 0. The van der Waals surface area contributed by atoms with Gasteiger partial charge >= 0.3 is 0 Å². The van der Waals surface area contributed by atoms with Crippen LogP contribution in [0, 0.1) is 11.3 Å². The first-order chi connectivity index (χ1) is 10.8. The number of hydrogen-bond acceptors (Lipinski definition) is 4. The maximum atomic E-state index is 12.1. The second kappa shape index (κ2) is 6.27. The molecular formula is C17H16N4O. The first-order valence-corrected chi connectivity index (χ1v) is 7.29. The largest absolute Gasteiger partial charge is 0.370 e. The van der Waals surface area contributed by atoms with Gasteiger partial charge in [0, 0.05) is 18.8 Å². The third-order valence-electron chi connectivity index (χ3n) is 3.72. The Morgan fingerprint density at radius 1 is 1.14 bits per heavy atom. The van der Waals surface area contributed by atoms with E-state index < -0.39 is 0 Å². The third-order valence-corrected chi connectivity index (χ3v) is 3.72. The number of aromatic nitrogens is 1. The molecule has 2 heterocycles. The number of pyridine rings is 1. The summed E-state index contributed by atoms with van der Waals surface area (Å²) in [4.78, 5) is 18.7. The molecule has 0 bridgehead atoms. The summed E-state index contributed by atoms with van der Waals surface area (Å²) in [5, 5.41) is 11.5. The van der Waals surface area contributed by atoms with Crippen molar-refractivity contribution in [3.05, 3.63) is 53.9 Å². The first-order valence-electron chi connectivity index (χ1n) is 7.29. The molecule has 0 aliphatic carbocycles. The molecule has 3 rings (SSSR count). The van der Waals surface area contributed by atoms with Crippen molar-refractivity contribution in [2.45, 2.75) is 12.8 Å². The van der Waals surface area contributed by atoms with Crippen LogP contribution >= 0.6 is 0 Å². The maximum absolute atomic E-state index is 12.1. The van der Waals surface area contributed by atoms with Gasteiger partial charge in [-0.2, -0.15) is 5.26 Å². The number of carbonyl (C=O) groups excluding carboxylic acids is 1. The fourth-order valence-electron chi connectivity index (χ4n) is 2.51. The zero-order valence-electron chi connectivity index (χ0n) is 12.1. The van der Waals surface area contributed by atoms with E-state index in [9.17, 15) is 4.79 Å². The highest BCUT2D eigenvalue weighted by Crippen LogP contribution is 2.19. The van der Waals surface area contributed by atoms with Crippen molar-refractivity contribution in [3.8, 4) is 6.07 Å². The molecule has 1 aromatic heterocycles. The monoisotopic (exact) mass is 292 g/mol. The van der Waals surface area contributed by atoms with Gasteiger partial charge in [-0.1, -0.05) is 0 Å². The van der Waals surface area contributed by atoms with E-state index in [0.29, 0.717) is 16.9 Å². The SMILES string of the molecule is N#Cc1ccc(NC(=O)c2ccc(N3CCCC3)cn2)cc1. The molecule has 0 radical (unpaired) electrons. The zero-order chi connectivity index (χ0) is 15.4. The van der Waals surface area contributed by atoms with E-state index in [-0.39, 0.29) is 5.91 Å². The highest BCUT2D eigenvalue weighted by Gasteiger charge is 2.14. The average molecular weight is 292 g/mol. The van der Waals surface area contributed by atoms with E-state index >= 15 is 0 Å². The number of rotatable bonds is 3. The Morgan fingerprint density at radius 3 is 2.45 bits per heavy atom. The van der Waals surface area contributed by atoms with Crippen molar-refractivity contribution in [1.82, 2.24) is 4.98 Å².